The van der Waals surface area contributed by atoms with Crippen molar-refractivity contribution in [3.05, 3.63) is 35.4 Å². The molecule has 3 heteroatoms. The van der Waals surface area contributed by atoms with Gasteiger partial charge in [0.1, 0.15) is 0 Å². The van der Waals surface area contributed by atoms with E-state index in [1.54, 1.807) is 0 Å². The van der Waals surface area contributed by atoms with Crippen LogP contribution in [0.1, 0.15) is 63.0 Å². The van der Waals surface area contributed by atoms with Gasteiger partial charge in [-0.1, -0.05) is 50.5 Å². The van der Waals surface area contributed by atoms with Crippen LogP contribution in [0.5, 0.6) is 0 Å². The van der Waals surface area contributed by atoms with Crippen LogP contribution in [-0.2, 0) is 11.2 Å². The summed E-state index contributed by atoms with van der Waals surface area (Å²) in [7, 11) is 2.04. The molecule has 1 saturated carbocycles. The highest BCUT2D eigenvalue weighted by molar-refractivity contribution is 5.82. The number of nitrogens with zero attached hydrogens (tertiary/aromatic N) is 2. The maximum atomic E-state index is 13.0. The first-order valence-corrected chi connectivity index (χ1v) is 11.0. The molecule has 1 atom stereocenters. The monoisotopic (exact) mass is 370 g/mol. The van der Waals surface area contributed by atoms with E-state index in [-0.39, 0.29) is 5.41 Å². The summed E-state index contributed by atoms with van der Waals surface area (Å²) >= 11 is 0. The minimum atomic E-state index is -0.105. The Morgan fingerprint density at radius 2 is 1.93 bits per heavy atom. The molecule has 1 amide bonds. The third-order valence-corrected chi connectivity index (χ3v) is 6.91. The van der Waals surface area contributed by atoms with Crippen LogP contribution in [0.25, 0.3) is 0 Å². The van der Waals surface area contributed by atoms with E-state index in [1.807, 2.05) is 7.05 Å². The molecular formula is C24H38N2O. The molecule has 1 unspecified atom stereocenters. The van der Waals surface area contributed by atoms with E-state index in [1.165, 1.54) is 49.8 Å². The second-order valence-electron chi connectivity index (χ2n) is 9.29. The molecule has 1 aromatic rings. The van der Waals surface area contributed by atoms with Crippen molar-refractivity contribution in [2.24, 2.45) is 11.3 Å². The number of likely N-dealkylation sites (tertiary alicyclic amines) is 1. The Labute approximate surface area is 166 Å². The van der Waals surface area contributed by atoms with Gasteiger partial charge in [-0.05, 0) is 62.6 Å². The highest BCUT2D eigenvalue weighted by atomic mass is 16.2. The van der Waals surface area contributed by atoms with Crippen LogP contribution in [0.2, 0.25) is 0 Å². The van der Waals surface area contributed by atoms with Crippen LogP contribution >= 0.6 is 0 Å². The van der Waals surface area contributed by atoms with E-state index in [9.17, 15) is 4.79 Å². The van der Waals surface area contributed by atoms with Crippen molar-refractivity contribution in [2.45, 2.75) is 65.2 Å². The van der Waals surface area contributed by atoms with Crippen molar-refractivity contribution in [2.75, 3.05) is 33.2 Å². The predicted octanol–water partition coefficient (Wildman–Crippen LogP) is 4.68. The normalized spacial score (nSPS) is 23.1. The van der Waals surface area contributed by atoms with Crippen LogP contribution in [0, 0.1) is 18.3 Å². The second kappa shape index (κ2) is 9.23. The Balaban J connectivity index is 1.49. The first-order valence-electron chi connectivity index (χ1n) is 11.0. The van der Waals surface area contributed by atoms with E-state index < -0.39 is 0 Å². The first-order chi connectivity index (χ1) is 13.0. The third kappa shape index (κ3) is 5.34. The van der Waals surface area contributed by atoms with E-state index in [0.29, 0.717) is 11.8 Å². The molecule has 3 nitrogen and oxygen atoms in total. The van der Waals surface area contributed by atoms with E-state index in [2.05, 4.69) is 47.9 Å². The van der Waals surface area contributed by atoms with Crippen molar-refractivity contribution in [1.29, 1.82) is 0 Å². The fraction of sp³-hybridized carbons (Fsp3) is 0.708. The third-order valence-electron chi connectivity index (χ3n) is 6.91. The molecule has 1 aliphatic heterocycles. The standard InChI is InChI=1S/C24H38N2O/c1-20-10-5-6-12-22(20)13-17-26-16-9-11-21(19-26)18-25(3)23(27)24(2)14-7-4-8-15-24/h5-6,10,12,21H,4,7-9,11,13-19H2,1-3H3. The minimum absolute atomic E-state index is 0.105. The molecule has 27 heavy (non-hydrogen) atoms. The maximum absolute atomic E-state index is 13.0. The molecule has 1 heterocycles. The Bertz CT molecular complexity index is 621. The SMILES string of the molecule is Cc1ccccc1CCN1CCCC(CN(C)C(=O)C2(C)CCCCC2)C1. The van der Waals surface area contributed by atoms with Gasteiger partial charge in [0.2, 0.25) is 5.91 Å². The van der Waals surface area contributed by atoms with Crippen LogP contribution in [0.4, 0.5) is 0 Å². The van der Waals surface area contributed by atoms with Crippen molar-refractivity contribution in [1.82, 2.24) is 9.80 Å². The zero-order chi connectivity index (χ0) is 19.3. The van der Waals surface area contributed by atoms with Crippen molar-refractivity contribution < 1.29 is 4.79 Å². The molecule has 2 aliphatic rings. The van der Waals surface area contributed by atoms with Gasteiger partial charge >= 0.3 is 0 Å². The van der Waals surface area contributed by atoms with E-state index in [0.717, 1.165) is 38.9 Å². The highest BCUT2D eigenvalue weighted by Gasteiger charge is 2.37. The Morgan fingerprint density at radius 3 is 2.67 bits per heavy atom. The van der Waals surface area contributed by atoms with Crippen LogP contribution in [-0.4, -0.2) is 48.9 Å². The maximum Gasteiger partial charge on any atom is 0.228 e. The van der Waals surface area contributed by atoms with Gasteiger partial charge < -0.3 is 9.80 Å². The topological polar surface area (TPSA) is 23.6 Å². The van der Waals surface area contributed by atoms with Gasteiger partial charge in [0.25, 0.3) is 0 Å². The molecular weight excluding hydrogens is 332 g/mol. The largest absolute Gasteiger partial charge is 0.345 e. The molecule has 1 saturated heterocycles. The number of benzene rings is 1. The zero-order valence-electron chi connectivity index (χ0n) is 17.7. The summed E-state index contributed by atoms with van der Waals surface area (Å²) < 4.78 is 0. The van der Waals surface area contributed by atoms with Crippen LogP contribution in [0.15, 0.2) is 24.3 Å². The average Bonchev–Trinajstić information content (AvgIpc) is 2.67. The molecule has 2 fully saturated rings. The Hall–Kier alpha value is -1.35. The van der Waals surface area contributed by atoms with Crippen LogP contribution < -0.4 is 0 Å². The number of carbonyl (C=O) groups is 1. The lowest BCUT2D eigenvalue weighted by atomic mass is 9.74. The molecule has 0 radical (unpaired) electrons. The van der Waals surface area contributed by atoms with E-state index in [4.69, 9.17) is 0 Å². The quantitative estimate of drug-likeness (QED) is 0.726. The predicted molar refractivity (Wildman–Crippen MR) is 113 cm³/mol. The summed E-state index contributed by atoms with van der Waals surface area (Å²) in [6.45, 7) is 8.81. The van der Waals surface area contributed by atoms with Gasteiger partial charge in [0.05, 0.1) is 0 Å². The van der Waals surface area contributed by atoms with Gasteiger partial charge in [-0.2, -0.15) is 0 Å². The van der Waals surface area contributed by atoms with Crippen LogP contribution in [0.3, 0.4) is 0 Å². The number of rotatable bonds is 6. The van der Waals surface area contributed by atoms with Gasteiger partial charge in [0, 0.05) is 32.1 Å². The number of piperidine rings is 1. The van der Waals surface area contributed by atoms with Gasteiger partial charge in [-0.25, -0.2) is 0 Å². The van der Waals surface area contributed by atoms with Crippen molar-refractivity contribution >= 4 is 5.91 Å². The molecule has 1 aromatic carbocycles. The lowest BCUT2D eigenvalue weighted by Gasteiger charge is -2.39. The molecule has 0 N–H and O–H groups in total. The lowest BCUT2D eigenvalue weighted by molar-refractivity contribution is -0.142. The molecule has 0 spiro atoms. The molecule has 0 bridgehead atoms. The van der Waals surface area contributed by atoms with Crippen molar-refractivity contribution in [3.63, 3.8) is 0 Å². The number of aryl methyl sites for hydroxylation is 1. The highest BCUT2D eigenvalue weighted by Crippen LogP contribution is 2.37. The zero-order valence-corrected chi connectivity index (χ0v) is 17.7. The molecule has 150 valence electrons. The smallest absolute Gasteiger partial charge is 0.228 e. The number of hydrogen-bond donors (Lipinski definition) is 0. The minimum Gasteiger partial charge on any atom is -0.345 e. The summed E-state index contributed by atoms with van der Waals surface area (Å²) in [6.07, 6.45) is 9.52. The molecule has 1 aliphatic carbocycles. The lowest BCUT2D eigenvalue weighted by Crippen LogP contribution is -2.46. The van der Waals surface area contributed by atoms with Gasteiger partial charge in [0.15, 0.2) is 0 Å². The summed E-state index contributed by atoms with van der Waals surface area (Å²) in [5.74, 6) is 1.01. The van der Waals surface area contributed by atoms with Gasteiger partial charge in [-0.3, -0.25) is 4.79 Å². The number of amides is 1. The summed E-state index contributed by atoms with van der Waals surface area (Å²) in [5, 5.41) is 0. The Kier molecular flexibility index (Phi) is 6.97. The fourth-order valence-electron chi connectivity index (χ4n) is 5.15. The number of carbonyl (C=O) groups excluding carboxylic acids is 1. The van der Waals surface area contributed by atoms with E-state index >= 15 is 0 Å². The molecule has 3 rings (SSSR count). The average molecular weight is 371 g/mol. The second-order valence-corrected chi connectivity index (χ2v) is 9.29. The summed E-state index contributed by atoms with van der Waals surface area (Å²) in [6, 6.07) is 8.73. The summed E-state index contributed by atoms with van der Waals surface area (Å²) in [4.78, 5) is 17.7. The molecule has 0 aromatic heterocycles. The first kappa shape index (κ1) is 20.4. The Morgan fingerprint density at radius 1 is 1.19 bits per heavy atom. The van der Waals surface area contributed by atoms with Gasteiger partial charge in [-0.15, -0.1) is 0 Å². The fourth-order valence-corrected chi connectivity index (χ4v) is 5.15. The van der Waals surface area contributed by atoms with Crippen molar-refractivity contribution in [3.8, 4) is 0 Å². The summed E-state index contributed by atoms with van der Waals surface area (Å²) in [5.41, 5.74) is 2.76. The number of hydrogen-bond acceptors (Lipinski definition) is 2.